The Kier molecular flexibility index (Phi) is 4.80. The summed E-state index contributed by atoms with van der Waals surface area (Å²) >= 11 is 0. The van der Waals surface area contributed by atoms with Gasteiger partial charge in [-0.3, -0.25) is 0 Å². The third-order valence-corrected chi connectivity index (χ3v) is 3.63. The quantitative estimate of drug-likeness (QED) is 0.844. The molecule has 2 nitrogen and oxygen atoms in total. The molecular formula is C17H24N2. The predicted octanol–water partition coefficient (Wildman–Crippen LogP) is 3.38. The third-order valence-electron chi connectivity index (χ3n) is 3.63. The van der Waals surface area contributed by atoms with E-state index in [-0.39, 0.29) is 6.04 Å². The maximum absolute atomic E-state index is 5.99. The Morgan fingerprint density at radius 1 is 1.00 bits per heavy atom. The number of rotatable bonds is 6. The molecule has 0 aliphatic heterocycles. The van der Waals surface area contributed by atoms with Crippen molar-refractivity contribution in [1.29, 1.82) is 0 Å². The van der Waals surface area contributed by atoms with Gasteiger partial charge in [0, 0.05) is 25.0 Å². The molecule has 1 atom stereocenters. The average Bonchev–Trinajstić information content (AvgIpc) is 2.86. The lowest BCUT2D eigenvalue weighted by Crippen LogP contribution is -2.21. The average molecular weight is 256 g/mol. The molecule has 2 aromatic rings. The number of hydrogen-bond acceptors (Lipinski definition) is 1. The maximum atomic E-state index is 5.99. The minimum absolute atomic E-state index is 0.277. The number of nitrogens with two attached hydrogens (primary N) is 1. The molecule has 0 fully saturated rings. The second-order valence-electron chi connectivity index (χ2n) is 5.23. The highest BCUT2D eigenvalue weighted by atomic mass is 14.9. The lowest BCUT2D eigenvalue weighted by Gasteiger charge is -2.07. The van der Waals surface area contributed by atoms with Gasteiger partial charge in [0.25, 0.3) is 0 Å². The highest BCUT2D eigenvalue weighted by molar-refractivity contribution is 5.23. The van der Waals surface area contributed by atoms with E-state index in [1.165, 1.54) is 16.7 Å². The van der Waals surface area contributed by atoms with Gasteiger partial charge in [-0.15, -0.1) is 0 Å². The van der Waals surface area contributed by atoms with E-state index in [9.17, 15) is 0 Å². The zero-order valence-corrected chi connectivity index (χ0v) is 12.0. The van der Waals surface area contributed by atoms with E-state index in [2.05, 4.69) is 61.1 Å². The zero-order valence-electron chi connectivity index (χ0n) is 12.0. The normalized spacial score (nSPS) is 12.6. The summed E-state index contributed by atoms with van der Waals surface area (Å²) in [6.07, 6.45) is 7.46. The first-order valence-electron chi connectivity index (χ1n) is 7.19. The van der Waals surface area contributed by atoms with Crippen molar-refractivity contribution in [2.75, 3.05) is 0 Å². The van der Waals surface area contributed by atoms with Crippen LogP contribution in [0.3, 0.4) is 0 Å². The summed E-state index contributed by atoms with van der Waals surface area (Å²) in [6.45, 7) is 5.26. The monoisotopic (exact) mass is 256 g/mol. The van der Waals surface area contributed by atoms with Crippen LogP contribution in [-0.4, -0.2) is 10.6 Å². The molecule has 0 saturated heterocycles. The van der Waals surface area contributed by atoms with Gasteiger partial charge in [-0.25, -0.2) is 0 Å². The Morgan fingerprint density at radius 2 is 1.68 bits per heavy atom. The van der Waals surface area contributed by atoms with E-state index < -0.39 is 0 Å². The van der Waals surface area contributed by atoms with Crippen LogP contribution in [0.2, 0.25) is 0 Å². The SMILES string of the molecule is CCc1ccc(Cn2ccc(CC(N)CC)c2)cc1. The van der Waals surface area contributed by atoms with Gasteiger partial charge in [0.15, 0.2) is 0 Å². The molecular weight excluding hydrogens is 232 g/mol. The number of benzene rings is 1. The highest BCUT2D eigenvalue weighted by Crippen LogP contribution is 2.10. The smallest absolute Gasteiger partial charge is 0.0470 e. The largest absolute Gasteiger partial charge is 0.350 e. The van der Waals surface area contributed by atoms with E-state index in [0.29, 0.717) is 0 Å². The second-order valence-corrected chi connectivity index (χ2v) is 5.23. The van der Waals surface area contributed by atoms with Crippen molar-refractivity contribution >= 4 is 0 Å². The summed E-state index contributed by atoms with van der Waals surface area (Å²) in [4.78, 5) is 0. The summed E-state index contributed by atoms with van der Waals surface area (Å²) in [5, 5.41) is 0. The molecule has 1 aromatic carbocycles. The van der Waals surface area contributed by atoms with Crippen molar-refractivity contribution in [2.24, 2.45) is 5.73 Å². The summed E-state index contributed by atoms with van der Waals surface area (Å²) in [5.41, 5.74) is 10.1. The summed E-state index contributed by atoms with van der Waals surface area (Å²) < 4.78 is 2.23. The van der Waals surface area contributed by atoms with E-state index in [0.717, 1.165) is 25.8 Å². The topological polar surface area (TPSA) is 30.9 Å². The van der Waals surface area contributed by atoms with Crippen LogP contribution in [0.1, 0.15) is 37.0 Å². The van der Waals surface area contributed by atoms with Gasteiger partial charge in [-0.05, 0) is 42.0 Å². The van der Waals surface area contributed by atoms with Crippen LogP contribution < -0.4 is 5.73 Å². The molecule has 0 aliphatic rings. The fourth-order valence-corrected chi connectivity index (χ4v) is 2.25. The molecule has 1 heterocycles. The van der Waals surface area contributed by atoms with Crippen LogP contribution in [0, 0.1) is 0 Å². The Balaban J connectivity index is 1.98. The Morgan fingerprint density at radius 3 is 2.32 bits per heavy atom. The van der Waals surface area contributed by atoms with Crippen LogP contribution in [0.15, 0.2) is 42.7 Å². The van der Waals surface area contributed by atoms with Gasteiger partial charge in [0.05, 0.1) is 0 Å². The van der Waals surface area contributed by atoms with Gasteiger partial charge in [-0.1, -0.05) is 38.1 Å². The fraction of sp³-hybridized carbons (Fsp3) is 0.412. The van der Waals surface area contributed by atoms with Gasteiger partial charge in [-0.2, -0.15) is 0 Å². The van der Waals surface area contributed by atoms with Crippen molar-refractivity contribution in [3.8, 4) is 0 Å². The molecule has 0 radical (unpaired) electrons. The molecule has 0 saturated carbocycles. The molecule has 2 heteroatoms. The van der Waals surface area contributed by atoms with E-state index in [1.807, 2.05) is 0 Å². The molecule has 1 aromatic heterocycles. The number of nitrogens with zero attached hydrogens (tertiary/aromatic N) is 1. The van der Waals surface area contributed by atoms with Gasteiger partial charge >= 0.3 is 0 Å². The Hall–Kier alpha value is -1.54. The molecule has 0 amide bonds. The molecule has 0 aliphatic carbocycles. The van der Waals surface area contributed by atoms with Gasteiger partial charge in [0.1, 0.15) is 0 Å². The molecule has 0 spiro atoms. The zero-order chi connectivity index (χ0) is 13.7. The van der Waals surface area contributed by atoms with Crippen LogP contribution in [0.4, 0.5) is 0 Å². The molecule has 102 valence electrons. The molecule has 2 rings (SSSR count). The van der Waals surface area contributed by atoms with Crippen molar-refractivity contribution in [3.05, 3.63) is 59.4 Å². The summed E-state index contributed by atoms with van der Waals surface area (Å²) in [6, 6.07) is 11.3. The highest BCUT2D eigenvalue weighted by Gasteiger charge is 2.03. The first-order chi connectivity index (χ1) is 9.21. The minimum Gasteiger partial charge on any atom is -0.350 e. The van der Waals surface area contributed by atoms with Gasteiger partial charge < -0.3 is 10.3 Å². The summed E-state index contributed by atoms with van der Waals surface area (Å²) in [5.74, 6) is 0. The first-order valence-corrected chi connectivity index (χ1v) is 7.19. The molecule has 19 heavy (non-hydrogen) atoms. The fourth-order valence-electron chi connectivity index (χ4n) is 2.25. The summed E-state index contributed by atoms with van der Waals surface area (Å²) in [7, 11) is 0. The lowest BCUT2D eigenvalue weighted by atomic mass is 10.1. The molecule has 1 unspecified atom stereocenters. The third kappa shape index (κ3) is 3.97. The Labute approximate surface area is 116 Å². The Bertz CT molecular complexity index is 496. The van der Waals surface area contributed by atoms with Gasteiger partial charge in [0.2, 0.25) is 0 Å². The number of aromatic nitrogens is 1. The lowest BCUT2D eigenvalue weighted by molar-refractivity contribution is 0.645. The van der Waals surface area contributed by atoms with E-state index >= 15 is 0 Å². The van der Waals surface area contributed by atoms with E-state index in [1.54, 1.807) is 0 Å². The minimum atomic E-state index is 0.277. The number of hydrogen-bond donors (Lipinski definition) is 1. The van der Waals surface area contributed by atoms with E-state index in [4.69, 9.17) is 5.73 Å². The second kappa shape index (κ2) is 6.58. The number of aryl methyl sites for hydroxylation is 1. The van der Waals surface area contributed by atoms with Crippen LogP contribution in [0.25, 0.3) is 0 Å². The van der Waals surface area contributed by atoms with Crippen LogP contribution >= 0.6 is 0 Å². The predicted molar refractivity (Wildman–Crippen MR) is 81.3 cm³/mol. The van der Waals surface area contributed by atoms with Crippen molar-refractivity contribution < 1.29 is 0 Å². The standard InChI is InChI=1S/C17H24N2/c1-3-14-5-7-15(8-6-14)12-19-10-9-16(13-19)11-17(18)4-2/h5-10,13,17H,3-4,11-12,18H2,1-2H3. The molecule has 0 bridgehead atoms. The van der Waals surface area contributed by atoms with Crippen LogP contribution in [-0.2, 0) is 19.4 Å². The first kappa shape index (κ1) is 13.9. The van der Waals surface area contributed by atoms with Crippen molar-refractivity contribution in [3.63, 3.8) is 0 Å². The van der Waals surface area contributed by atoms with Crippen molar-refractivity contribution in [2.45, 2.75) is 45.7 Å². The molecule has 2 N–H and O–H groups in total. The van der Waals surface area contributed by atoms with Crippen molar-refractivity contribution in [1.82, 2.24) is 4.57 Å². The van der Waals surface area contributed by atoms with Crippen LogP contribution in [0.5, 0.6) is 0 Å². The maximum Gasteiger partial charge on any atom is 0.0470 e.